The number of Topliss-reactive ketones (excluding diaryl/α,β-unsaturated/α-hetero) is 1. The summed E-state index contributed by atoms with van der Waals surface area (Å²) in [7, 11) is 1.54. The van der Waals surface area contributed by atoms with Crippen LogP contribution in [-0.2, 0) is 9.53 Å². The van der Waals surface area contributed by atoms with Gasteiger partial charge in [0.05, 0.1) is 7.11 Å². The molecule has 1 aliphatic carbocycles. The van der Waals surface area contributed by atoms with Crippen LogP contribution in [0.3, 0.4) is 0 Å². The Morgan fingerprint density at radius 2 is 2.40 bits per heavy atom. The van der Waals surface area contributed by atoms with Crippen LogP contribution in [0.25, 0.3) is 0 Å². The molecule has 1 unspecified atom stereocenters. The number of rotatable bonds is 1. The normalized spacial score (nSPS) is 26.0. The minimum Gasteiger partial charge on any atom is -0.493 e. The van der Waals surface area contributed by atoms with Crippen molar-refractivity contribution in [1.29, 1.82) is 0 Å². The van der Waals surface area contributed by atoms with E-state index in [-0.39, 0.29) is 5.78 Å². The summed E-state index contributed by atoms with van der Waals surface area (Å²) >= 11 is 0. The van der Waals surface area contributed by atoms with E-state index >= 15 is 0 Å². The van der Waals surface area contributed by atoms with Gasteiger partial charge in [0.1, 0.15) is 0 Å². The summed E-state index contributed by atoms with van der Waals surface area (Å²) in [6, 6.07) is 0. The van der Waals surface area contributed by atoms with Gasteiger partial charge in [-0.05, 0) is 18.4 Å². The highest BCUT2D eigenvalue weighted by atomic mass is 16.5. The van der Waals surface area contributed by atoms with Gasteiger partial charge in [0, 0.05) is 6.42 Å². The summed E-state index contributed by atoms with van der Waals surface area (Å²) in [5, 5.41) is 0. The van der Waals surface area contributed by atoms with Crippen LogP contribution in [0.1, 0.15) is 19.8 Å². The van der Waals surface area contributed by atoms with Crippen LogP contribution >= 0.6 is 0 Å². The van der Waals surface area contributed by atoms with Crippen molar-refractivity contribution >= 4 is 5.78 Å². The molecule has 0 aromatic rings. The molecule has 10 heavy (non-hydrogen) atoms. The van der Waals surface area contributed by atoms with Crippen molar-refractivity contribution in [2.45, 2.75) is 19.8 Å². The van der Waals surface area contributed by atoms with Crippen molar-refractivity contribution < 1.29 is 9.53 Å². The molecular formula is C8H12O2. The van der Waals surface area contributed by atoms with Crippen LogP contribution in [0, 0.1) is 5.92 Å². The predicted octanol–water partition coefficient (Wildman–Crippen LogP) is 1.52. The van der Waals surface area contributed by atoms with Gasteiger partial charge in [0.2, 0.25) is 0 Å². The molecule has 0 saturated carbocycles. The van der Waals surface area contributed by atoms with Crippen LogP contribution in [0.5, 0.6) is 0 Å². The number of carbonyl (C=O) groups is 1. The molecule has 0 saturated heterocycles. The van der Waals surface area contributed by atoms with Crippen LogP contribution in [0.4, 0.5) is 0 Å². The van der Waals surface area contributed by atoms with Crippen molar-refractivity contribution in [3.05, 3.63) is 11.8 Å². The zero-order valence-corrected chi connectivity index (χ0v) is 6.39. The molecule has 0 amide bonds. The number of carbonyl (C=O) groups excluding carboxylic acids is 1. The molecule has 0 bridgehead atoms. The maximum Gasteiger partial charge on any atom is 0.197 e. The number of hydrogen-bond acceptors (Lipinski definition) is 2. The largest absolute Gasteiger partial charge is 0.493 e. The van der Waals surface area contributed by atoms with Crippen molar-refractivity contribution in [1.82, 2.24) is 0 Å². The Morgan fingerprint density at radius 1 is 1.70 bits per heavy atom. The molecule has 0 aromatic carbocycles. The first-order valence-electron chi connectivity index (χ1n) is 3.51. The maximum atomic E-state index is 11.0. The van der Waals surface area contributed by atoms with E-state index in [1.54, 1.807) is 7.11 Å². The summed E-state index contributed by atoms with van der Waals surface area (Å²) < 4.78 is 4.86. The third kappa shape index (κ3) is 1.38. The molecular weight excluding hydrogens is 128 g/mol. The van der Waals surface area contributed by atoms with E-state index < -0.39 is 0 Å². The van der Waals surface area contributed by atoms with Gasteiger partial charge >= 0.3 is 0 Å². The number of methoxy groups -OCH3 is 1. The van der Waals surface area contributed by atoms with E-state index in [2.05, 4.69) is 6.92 Å². The fourth-order valence-electron chi connectivity index (χ4n) is 1.12. The Balaban J connectivity index is 2.66. The van der Waals surface area contributed by atoms with Gasteiger partial charge in [0.15, 0.2) is 11.5 Å². The number of ketones is 1. The van der Waals surface area contributed by atoms with Gasteiger partial charge in [-0.15, -0.1) is 0 Å². The second-order valence-electron chi connectivity index (χ2n) is 2.74. The van der Waals surface area contributed by atoms with E-state index in [0.29, 0.717) is 18.1 Å². The maximum absolute atomic E-state index is 11.0. The SMILES string of the molecule is COC1=CCC(C)CC1=O. The number of allylic oxidation sites excluding steroid dienone is 2. The summed E-state index contributed by atoms with van der Waals surface area (Å²) in [6.45, 7) is 2.07. The van der Waals surface area contributed by atoms with E-state index in [9.17, 15) is 4.79 Å². The van der Waals surface area contributed by atoms with Crippen molar-refractivity contribution in [2.24, 2.45) is 5.92 Å². The molecule has 0 aliphatic heterocycles. The standard InChI is InChI=1S/C8H12O2/c1-6-3-4-8(10-2)7(9)5-6/h4,6H,3,5H2,1-2H3. The molecule has 2 nitrogen and oxygen atoms in total. The van der Waals surface area contributed by atoms with Gasteiger partial charge in [-0.1, -0.05) is 6.92 Å². The lowest BCUT2D eigenvalue weighted by molar-refractivity contribution is -0.119. The zero-order valence-electron chi connectivity index (χ0n) is 6.39. The fraction of sp³-hybridized carbons (Fsp3) is 0.625. The second kappa shape index (κ2) is 2.86. The molecule has 0 aromatic heterocycles. The third-order valence-corrected chi connectivity index (χ3v) is 1.73. The number of hydrogen-bond donors (Lipinski definition) is 0. The smallest absolute Gasteiger partial charge is 0.197 e. The fourth-order valence-corrected chi connectivity index (χ4v) is 1.12. The summed E-state index contributed by atoms with van der Waals surface area (Å²) in [5.74, 6) is 1.17. The molecule has 0 spiro atoms. The van der Waals surface area contributed by atoms with Crippen LogP contribution < -0.4 is 0 Å². The molecule has 0 heterocycles. The second-order valence-corrected chi connectivity index (χ2v) is 2.74. The van der Waals surface area contributed by atoms with Gasteiger partial charge in [0.25, 0.3) is 0 Å². The Labute approximate surface area is 60.9 Å². The monoisotopic (exact) mass is 140 g/mol. The Kier molecular flexibility index (Phi) is 2.10. The van der Waals surface area contributed by atoms with E-state index in [1.807, 2.05) is 6.08 Å². The minimum absolute atomic E-state index is 0.140. The lowest BCUT2D eigenvalue weighted by atomic mass is 9.94. The average Bonchev–Trinajstić information content (AvgIpc) is 1.88. The first-order valence-corrected chi connectivity index (χ1v) is 3.51. The van der Waals surface area contributed by atoms with Gasteiger partial charge in [-0.3, -0.25) is 4.79 Å². The van der Waals surface area contributed by atoms with E-state index in [1.165, 1.54) is 0 Å². The van der Waals surface area contributed by atoms with Crippen LogP contribution in [0.15, 0.2) is 11.8 Å². The Hall–Kier alpha value is -0.790. The van der Waals surface area contributed by atoms with E-state index in [0.717, 1.165) is 6.42 Å². The molecule has 1 aliphatic rings. The summed E-state index contributed by atoms with van der Waals surface area (Å²) in [5.41, 5.74) is 0. The molecule has 0 radical (unpaired) electrons. The minimum atomic E-state index is 0.140. The topological polar surface area (TPSA) is 26.3 Å². The molecule has 2 heteroatoms. The van der Waals surface area contributed by atoms with E-state index in [4.69, 9.17) is 4.74 Å². The Morgan fingerprint density at radius 3 is 2.90 bits per heavy atom. The lowest BCUT2D eigenvalue weighted by Crippen LogP contribution is -2.14. The lowest BCUT2D eigenvalue weighted by Gasteiger charge is -2.15. The average molecular weight is 140 g/mol. The van der Waals surface area contributed by atoms with Gasteiger partial charge in [-0.25, -0.2) is 0 Å². The van der Waals surface area contributed by atoms with Crippen molar-refractivity contribution in [2.75, 3.05) is 7.11 Å². The van der Waals surface area contributed by atoms with Crippen LogP contribution in [-0.4, -0.2) is 12.9 Å². The van der Waals surface area contributed by atoms with Crippen molar-refractivity contribution in [3.8, 4) is 0 Å². The summed E-state index contributed by atoms with van der Waals surface area (Å²) in [4.78, 5) is 11.0. The number of ether oxygens (including phenoxy) is 1. The Bertz CT molecular complexity index is 170. The van der Waals surface area contributed by atoms with Crippen molar-refractivity contribution in [3.63, 3.8) is 0 Å². The predicted molar refractivity (Wildman–Crippen MR) is 38.5 cm³/mol. The molecule has 0 N–H and O–H groups in total. The molecule has 1 rings (SSSR count). The highest BCUT2D eigenvalue weighted by Crippen LogP contribution is 2.19. The first-order chi connectivity index (χ1) is 4.74. The van der Waals surface area contributed by atoms with Crippen LogP contribution in [0.2, 0.25) is 0 Å². The van der Waals surface area contributed by atoms with Gasteiger partial charge < -0.3 is 4.74 Å². The zero-order chi connectivity index (χ0) is 7.56. The summed E-state index contributed by atoms with van der Waals surface area (Å²) in [6.07, 6.45) is 3.48. The van der Waals surface area contributed by atoms with Gasteiger partial charge in [-0.2, -0.15) is 0 Å². The highest BCUT2D eigenvalue weighted by Gasteiger charge is 2.18. The first kappa shape index (κ1) is 7.32. The molecule has 1 atom stereocenters. The molecule has 0 fully saturated rings. The quantitative estimate of drug-likeness (QED) is 0.552. The third-order valence-electron chi connectivity index (χ3n) is 1.73. The molecule has 56 valence electrons. The highest BCUT2D eigenvalue weighted by molar-refractivity contribution is 5.94.